The van der Waals surface area contributed by atoms with Gasteiger partial charge in [0.05, 0.1) is 5.70 Å². The van der Waals surface area contributed by atoms with E-state index in [1.54, 1.807) is 0 Å². The molecule has 0 saturated heterocycles. The summed E-state index contributed by atoms with van der Waals surface area (Å²) in [6.07, 6.45) is 10.2. The SMILES string of the molecule is C=C1N(C)C=C2C=CC=CN12.C=C1c2ccccc2CN1C. The molecule has 0 fully saturated rings. The van der Waals surface area contributed by atoms with Crippen LogP contribution >= 0.6 is 0 Å². The lowest BCUT2D eigenvalue weighted by Gasteiger charge is -2.20. The van der Waals surface area contributed by atoms with Crippen LogP contribution in [0.5, 0.6) is 0 Å². The zero-order valence-electron chi connectivity index (χ0n) is 13.2. The summed E-state index contributed by atoms with van der Waals surface area (Å²) in [5.74, 6) is 1.00. The summed E-state index contributed by atoms with van der Waals surface area (Å²) in [6.45, 7) is 8.95. The van der Waals surface area contributed by atoms with Crippen LogP contribution < -0.4 is 0 Å². The quantitative estimate of drug-likeness (QED) is 0.721. The van der Waals surface area contributed by atoms with E-state index < -0.39 is 0 Å². The third-order valence-electron chi connectivity index (χ3n) is 4.10. The van der Waals surface area contributed by atoms with E-state index in [0.717, 1.165) is 18.1 Å². The van der Waals surface area contributed by atoms with E-state index in [9.17, 15) is 0 Å². The molecule has 0 saturated carbocycles. The van der Waals surface area contributed by atoms with E-state index >= 15 is 0 Å². The van der Waals surface area contributed by atoms with Crippen LogP contribution in [0.25, 0.3) is 5.70 Å². The second kappa shape index (κ2) is 5.60. The minimum atomic E-state index is 1.00. The lowest BCUT2D eigenvalue weighted by Crippen LogP contribution is -2.16. The van der Waals surface area contributed by atoms with Crippen LogP contribution in [0, 0.1) is 0 Å². The van der Waals surface area contributed by atoms with Crippen molar-refractivity contribution >= 4 is 5.70 Å². The van der Waals surface area contributed by atoms with Crippen LogP contribution in [0.2, 0.25) is 0 Å². The standard InChI is InChI=1S/C10H11N.C9H10N2/c1-8-10-6-4-3-5-9(10)7-11(8)2;1-8-10(2)7-9-5-3-4-6-11(8)9/h3-6H,1,7H2,2H3;3-7H,1H2,2H3. The van der Waals surface area contributed by atoms with E-state index in [4.69, 9.17) is 0 Å². The molecule has 0 amide bonds. The molecule has 0 radical (unpaired) electrons. The molecule has 1 aromatic carbocycles. The van der Waals surface area contributed by atoms with Crippen LogP contribution in [0.15, 0.2) is 79.6 Å². The van der Waals surface area contributed by atoms with Gasteiger partial charge in [0.1, 0.15) is 5.82 Å². The van der Waals surface area contributed by atoms with Gasteiger partial charge in [0.25, 0.3) is 0 Å². The van der Waals surface area contributed by atoms with Crippen molar-refractivity contribution < 1.29 is 0 Å². The number of rotatable bonds is 0. The first-order chi connectivity index (χ1) is 10.6. The molecule has 3 aliphatic rings. The molecule has 4 rings (SSSR count). The second-order valence-electron chi connectivity index (χ2n) is 5.61. The molecule has 0 aliphatic carbocycles. The van der Waals surface area contributed by atoms with Crippen LogP contribution in [-0.2, 0) is 6.54 Å². The Morgan fingerprint density at radius 3 is 2.55 bits per heavy atom. The average Bonchev–Trinajstić information content (AvgIpc) is 2.98. The van der Waals surface area contributed by atoms with Gasteiger partial charge in [-0.05, 0) is 17.7 Å². The molecule has 3 heteroatoms. The van der Waals surface area contributed by atoms with Crippen LogP contribution in [0.3, 0.4) is 0 Å². The molecule has 1 aromatic rings. The highest BCUT2D eigenvalue weighted by Crippen LogP contribution is 2.29. The van der Waals surface area contributed by atoms with Crippen molar-refractivity contribution in [2.45, 2.75) is 6.54 Å². The van der Waals surface area contributed by atoms with Crippen molar-refractivity contribution in [1.82, 2.24) is 14.7 Å². The van der Waals surface area contributed by atoms with Crippen molar-refractivity contribution in [2.75, 3.05) is 14.1 Å². The smallest absolute Gasteiger partial charge is 0.109 e. The fraction of sp³-hybridized carbons (Fsp3) is 0.158. The van der Waals surface area contributed by atoms with E-state index in [1.165, 1.54) is 16.8 Å². The molecule has 22 heavy (non-hydrogen) atoms. The van der Waals surface area contributed by atoms with Crippen molar-refractivity contribution in [3.8, 4) is 0 Å². The third kappa shape index (κ3) is 2.46. The lowest BCUT2D eigenvalue weighted by atomic mass is 10.1. The molecule has 0 spiro atoms. The fourth-order valence-corrected chi connectivity index (χ4v) is 2.74. The monoisotopic (exact) mass is 291 g/mol. The second-order valence-corrected chi connectivity index (χ2v) is 5.61. The molecule has 0 atom stereocenters. The van der Waals surface area contributed by atoms with Crippen LogP contribution in [0.1, 0.15) is 11.1 Å². The number of nitrogens with zero attached hydrogens (tertiary/aromatic N) is 3. The molecule has 0 N–H and O–H groups in total. The molecule has 0 aromatic heterocycles. The van der Waals surface area contributed by atoms with Gasteiger partial charge in [-0.2, -0.15) is 0 Å². The predicted octanol–water partition coefficient (Wildman–Crippen LogP) is 3.73. The Morgan fingerprint density at radius 1 is 1.05 bits per heavy atom. The van der Waals surface area contributed by atoms with Crippen LogP contribution in [0.4, 0.5) is 0 Å². The van der Waals surface area contributed by atoms with Gasteiger partial charge in [0, 0.05) is 44.3 Å². The van der Waals surface area contributed by atoms with Gasteiger partial charge in [-0.25, -0.2) is 0 Å². The van der Waals surface area contributed by atoms with Gasteiger partial charge in [-0.3, -0.25) is 0 Å². The van der Waals surface area contributed by atoms with Crippen molar-refractivity contribution in [3.05, 3.63) is 90.7 Å². The first kappa shape index (κ1) is 14.3. The summed E-state index contributed by atoms with van der Waals surface area (Å²) < 4.78 is 0. The zero-order chi connectivity index (χ0) is 15.7. The molecule has 3 heterocycles. The van der Waals surface area contributed by atoms with Crippen LogP contribution in [-0.4, -0.2) is 28.8 Å². The fourth-order valence-electron chi connectivity index (χ4n) is 2.74. The zero-order valence-corrected chi connectivity index (χ0v) is 13.2. The lowest BCUT2D eigenvalue weighted by molar-refractivity contribution is 0.469. The maximum absolute atomic E-state index is 4.00. The highest BCUT2D eigenvalue weighted by molar-refractivity contribution is 5.68. The Bertz CT molecular complexity index is 709. The van der Waals surface area contributed by atoms with E-state index in [1.807, 2.05) is 30.3 Å². The average molecular weight is 291 g/mol. The maximum atomic E-state index is 4.00. The molecular weight excluding hydrogens is 270 g/mol. The summed E-state index contributed by atoms with van der Waals surface area (Å²) in [4.78, 5) is 6.24. The molecule has 0 unspecified atom stereocenters. The Kier molecular flexibility index (Phi) is 3.63. The number of benzene rings is 1. The summed E-state index contributed by atoms with van der Waals surface area (Å²) in [5.41, 5.74) is 5.01. The first-order valence-corrected chi connectivity index (χ1v) is 7.34. The van der Waals surface area contributed by atoms with Gasteiger partial charge < -0.3 is 14.7 Å². The summed E-state index contributed by atoms with van der Waals surface area (Å²) in [6, 6.07) is 8.42. The predicted molar refractivity (Wildman–Crippen MR) is 92.0 cm³/mol. The maximum Gasteiger partial charge on any atom is 0.109 e. The normalized spacial score (nSPS) is 18.1. The number of fused-ring (bicyclic) bond motifs is 2. The first-order valence-electron chi connectivity index (χ1n) is 7.34. The van der Waals surface area contributed by atoms with Gasteiger partial charge in [-0.1, -0.05) is 43.5 Å². The summed E-state index contributed by atoms with van der Waals surface area (Å²) in [5, 5.41) is 0. The van der Waals surface area contributed by atoms with E-state index in [0.29, 0.717) is 0 Å². The van der Waals surface area contributed by atoms with Gasteiger partial charge in [-0.15, -0.1) is 0 Å². The Labute approximate surface area is 132 Å². The number of hydrogen-bond donors (Lipinski definition) is 0. The molecule has 0 bridgehead atoms. The third-order valence-corrected chi connectivity index (χ3v) is 4.10. The summed E-state index contributed by atoms with van der Waals surface area (Å²) in [7, 11) is 4.07. The van der Waals surface area contributed by atoms with Gasteiger partial charge in [0.2, 0.25) is 0 Å². The van der Waals surface area contributed by atoms with E-state index in [-0.39, 0.29) is 0 Å². The minimum Gasteiger partial charge on any atom is -0.370 e. The Morgan fingerprint density at radius 2 is 1.82 bits per heavy atom. The molecular formula is C19H21N3. The highest BCUT2D eigenvalue weighted by atomic mass is 15.4. The van der Waals surface area contributed by atoms with Crippen molar-refractivity contribution in [1.29, 1.82) is 0 Å². The molecule has 3 nitrogen and oxygen atoms in total. The molecule has 112 valence electrons. The van der Waals surface area contributed by atoms with Crippen molar-refractivity contribution in [2.24, 2.45) is 0 Å². The van der Waals surface area contributed by atoms with Gasteiger partial charge >= 0.3 is 0 Å². The highest BCUT2D eigenvalue weighted by Gasteiger charge is 2.19. The Balaban J connectivity index is 0.000000131. The molecule has 3 aliphatic heterocycles. The summed E-state index contributed by atoms with van der Waals surface area (Å²) >= 11 is 0. The van der Waals surface area contributed by atoms with Gasteiger partial charge in [0.15, 0.2) is 0 Å². The minimum absolute atomic E-state index is 1.00. The number of allylic oxidation sites excluding steroid dienone is 3. The number of hydrogen-bond acceptors (Lipinski definition) is 3. The Hall–Kier alpha value is -2.68. The topological polar surface area (TPSA) is 9.72 Å². The largest absolute Gasteiger partial charge is 0.370 e. The van der Waals surface area contributed by atoms with E-state index in [2.05, 4.69) is 66.5 Å². The van der Waals surface area contributed by atoms with Crippen molar-refractivity contribution in [3.63, 3.8) is 0 Å².